The Hall–Kier alpha value is -1.89. The van der Waals surface area contributed by atoms with E-state index in [1.807, 2.05) is 4.57 Å². The fourth-order valence-corrected chi connectivity index (χ4v) is 2.62. The number of aliphatic imine (C=N–C) groups is 1. The molecule has 0 aromatic carbocycles. The van der Waals surface area contributed by atoms with Crippen LogP contribution in [0.3, 0.4) is 0 Å². The second-order valence-electron chi connectivity index (χ2n) is 4.48. The molecule has 0 saturated carbocycles. The lowest BCUT2D eigenvalue weighted by molar-refractivity contribution is 0.694. The largest absolute Gasteiger partial charge is 0.357 e. The number of nitrogens with zero attached hydrogens (tertiary/aromatic N) is 4. The molecule has 0 saturated heterocycles. The van der Waals surface area contributed by atoms with Crippen molar-refractivity contribution >= 4 is 17.3 Å². The molecule has 0 radical (unpaired) electrons. The van der Waals surface area contributed by atoms with Crippen LogP contribution in [0.2, 0.25) is 0 Å². The van der Waals surface area contributed by atoms with Crippen LogP contribution < -0.4 is 10.6 Å². The SMILES string of the molecule is CCNC(=NCc1nncn1CC)NCCc1cccs1. The topological polar surface area (TPSA) is 67.1 Å². The fraction of sp³-hybridized carbons (Fsp3) is 0.500. The third-order valence-corrected chi connectivity index (χ3v) is 3.94. The van der Waals surface area contributed by atoms with E-state index in [0.717, 1.165) is 37.8 Å². The van der Waals surface area contributed by atoms with Crippen molar-refractivity contribution < 1.29 is 0 Å². The van der Waals surface area contributed by atoms with Gasteiger partial charge in [-0.2, -0.15) is 0 Å². The molecule has 0 amide bonds. The van der Waals surface area contributed by atoms with E-state index in [4.69, 9.17) is 0 Å². The smallest absolute Gasteiger partial charge is 0.191 e. The van der Waals surface area contributed by atoms with Gasteiger partial charge in [0.1, 0.15) is 12.9 Å². The van der Waals surface area contributed by atoms with E-state index in [0.29, 0.717) is 6.54 Å². The number of thiophene rings is 1. The lowest BCUT2D eigenvalue weighted by Crippen LogP contribution is -2.38. The number of hydrogen-bond donors (Lipinski definition) is 2. The minimum absolute atomic E-state index is 0.530. The highest BCUT2D eigenvalue weighted by molar-refractivity contribution is 7.09. The Kier molecular flexibility index (Phi) is 6.21. The van der Waals surface area contributed by atoms with E-state index >= 15 is 0 Å². The summed E-state index contributed by atoms with van der Waals surface area (Å²) in [5.74, 6) is 1.70. The van der Waals surface area contributed by atoms with Gasteiger partial charge in [0, 0.05) is 24.5 Å². The molecule has 114 valence electrons. The van der Waals surface area contributed by atoms with Gasteiger partial charge in [0.2, 0.25) is 0 Å². The number of aromatic nitrogens is 3. The molecule has 0 bridgehead atoms. The zero-order valence-corrected chi connectivity index (χ0v) is 13.4. The summed E-state index contributed by atoms with van der Waals surface area (Å²) in [4.78, 5) is 5.94. The predicted molar refractivity (Wildman–Crippen MR) is 86.5 cm³/mol. The van der Waals surface area contributed by atoms with Gasteiger partial charge in [-0.3, -0.25) is 0 Å². The van der Waals surface area contributed by atoms with Crippen LogP contribution in [0.4, 0.5) is 0 Å². The highest BCUT2D eigenvalue weighted by Gasteiger charge is 2.03. The highest BCUT2D eigenvalue weighted by atomic mass is 32.1. The Balaban J connectivity index is 1.86. The van der Waals surface area contributed by atoms with Crippen LogP contribution in [0.25, 0.3) is 0 Å². The van der Waals surface area contributed by atoms with Gasteiger partial charge in [-0.25, -0.2) is 4.99 Å². The maximum atomic E-state index is 4.56. The zero-order chi connectivity index (χ0) is 14.9. The summed E-state index contributed by atoms with van der Waals surface area (Å²) in [5.41, 5.74) is 0. The first-order valence-electron chi connectivity index (χ1n) is 7.24. The second-order valence-corrected chi connectivity index (χ2v) is 5.52. The monoisotopic (exact) mass is 306 g/mol. The molecule has 6 nitrogen and oxygen atoms in total. The van der Waals surface area contributed by atoms with E-state index in [1.54, 1.807) is 17.7 Å². The number of aryl methyl sites for hydroxylation is 1. The molecular weight excluding hydrogens is 284 g/mol. The lowest BCUT2D eigenvalue weighted by Gasteiger charge is -2.10. The van der Waals surface area contributed by atoms with Crippen molar-refractivity contribution in [3.8, 4) is 0 Å². The molecule has 2 rings (SSSR count). The molecule has 2 N–H and O–H groups in total. The van der Waals surface area contributed by atoms with Gasteiger partial charge in [0.25, 0.3) is 0 Å². The quantitative estimate of drug-likeness (QED) is 0.603. The normalized spacial score (nSPS) is 11.6. The molecule has 0 atom stereocenters. The summed E-state index contributed by atoms with van der Waals surface area (Å²) in [6.07, 6.45) is 2.75. The average molecular weight is 306 g/mol. The van der Waals surface area contributed by atoms with Crippen molar-refractivity contribution in [2.75, 3.05) is 13.1 Å². The predicted octanol–water partition coefficient (Wildman–Crippen LogP) is 1.66. The van der Waals surface area contributed by atoms with Crippen molar-refractivity contribution in [3.63, 3.8) is 0 Å². The molecule has 0 fully saturated rings. The first kappa shape index (κ1) is 15.5. The molecule has 21 heavy (non-hydrogen) atoms. The highest BCUT2D eigenvalue weighted by Crippen LogP contribution is 2.08. The van der Waals surface area contributed by atoms with Crippen molar-refractivity contribution in [2.45, 2.75) is 33.4 Å². The molecule has 0 aliphatic carbocycles. The van der Waals surface area contributed by atoms with Gasteiger partial charge >= 0.3 is 0 Å². The van der Waals surface area contributed by atoms with Gasteiger partial charge in [-0.15, -0.1) is 21.5 Å². The van der Waals surface area contributed by atoms with Gasteiger partial charge in [-0.1, -0.05) is 6.07 Å². The van der Waals surface area contributed by atoms with Crippen LogP contribution in [0.15, 0.2) is 28.8 Å². The third kappa shape index (κ3) is 4.86. The maximum absolute atomic E-state index is 4.56. The number of guanidine groups is 1. The Bertz CT molecular complexity index is 546. The summed E-state index contributed by atoms with van der Waals surface area (Å²) < 4.78 is 2.00. The van der Waals surface area contributed by atoms with E-state index in [-0.39, 0.29) is 0 Å². The van der Waals surface area contributed by atoms with Crippen LogP contribution in [-0.2, 0) is 19.5 Å². The molecule has 7 heteroatoms. The molecule has 2 aromatic rings. The van der Waals surface area contributed by atoms with E-state index in [2.05, 4.69) is 57.2 Å². The Morgan fingerprint density at radius 1 is 1.38 bits per heavy atom. The third-order valence-electron chi connectivity index (χ3n) is 3.00. The van der Waals surface area contributed by atoms with Crippen molar-refractivity contribution in [2.24, 2.45) is 4.99 Å². The van der Waals surface area contributed by atoms with E-state index in [1.165, 1.54) is 4.88 Å². The van der Waals surface area contributed by atoms with Gasteiger partial charge in [-0.05, 0) is 31.7 Å². The minimum Gasteiger partial charge on any atom is -0.357 e. The fourth-order valence-electron chi connectivity index (χ4n) is 1.92. The molecule has 2 aromatic heterocycles. The number of nitrogens with one attached hydrogen (secondary N) is 2. The van der Waals surface area contributed by atoms with E-state index in [9.17, 15) is 0 Å². The summed E-state index contributed by atoms with van der Waals surface area (Å²) in [5, 5.41) is 16.7. The van der Waals surface area contributed by atoms with Crippen LogP contribution in [0.1, 0.15) is 24.5 Å². The summed E-state index contributed by atoms with van der Waals surface area (Å²) in [7, 11) is 0. The molecule has 0 spiro atoms. The Labute approximate surface area is 129 Å². The summed E-state index contributed by atoms with van der Waals surface area (Å²) in [6.45, 7) is 7.23. The summed E-state index contributed by atoms with van der Waals surface area (Å²) >= 11 is 1.78. The van der Waals surface area contributed by atoms with Crippen molar-refractivity contribution in [3.05, 3.63) is 34.5 Å². The first-order valence-corrected chi connectivity index (χ1v) is 8.12. The molecule has 0 unspecified atom stereocenters. The Morgan fingerprint density at radius 3 is 3.00 bits per heavy atom. The lowest BCUT2D eigenvalue weighted by atomic mass is 10.3. The minimum atomic E-state index is 0.530. The molecular formula is C14H22N6S. The van der Waals surface area contributed by atoms with Gasteiger partial charge in [0.05, 0.1) is 0 Å². The Morgan fingerprint density at radius 2 is 2.29 bits per heavy atom. The van der Waals surface area contributed by atoms with Crippen molar-refractivity contribution in [1.29, 1.82) is 0 Å². The maximum Gasteiger partial charge on any atom is 0.191 e. The van der Waals surface area contributed by atoms with Crippen LogP contribution in [0.5, 0.6) is 0 Å². The zero-order valence-electron chi connectivity index (χ0n) is 12.5. The number of hydrogen-bond acceptors (Lipinski definition) is 4. The van der Waals surface area contributed by atoms with Gasteiger partial charge in [0.15, 0.2) is 11.8 Å². The molecule has 0 aliphatic rings. The standard InChI is InChI=1S/C14H22N6S/c1-3-15-14(16-8-7-12-6-5-9-21-12)17-10-13-19-18-11-20(13)4-2/h5-6,9,11H,3-4,7-8,10H2,1-2H3,(H2,15,16,17). The summed E-state index contributed by atoms with van der Waals surface area (Å²) in [6, 6.07) is 4.23. The van der Waals surface area contributed by atoms with Gasteiger partial charge < -0.3 is 15.2 Å². The van der Waals surface area contributed by atoms with Crippen LogP contribution >= 0.6 is 11.3 Å². The molecule has 0 aliphatic heterocycles. The second kappa shape index (κ2) is 8.41. The number of rotatable bonds is 7. The first-order chi connectivity index (χ1) is 10.3. The van der Waals surface area contributed by atoms with Crippen molar-refractivity contribution in [1.82, 2.24) is 25.4 Å². The average Bonchev–Trinajstić information content (AvgIpc) is 3.15. The van der Waals surface area contributed by atoms with Crippen LogP contribution in [-0.4, -0.2) is 33.8 Å². The molecule has 2 heterocycles. The van der Waals surface area contributed by atoms with E-state index < -0.39 is 0 Å². The van der Waals surface area contributed by atoms with Crippen LogP contribution in [0, 0.1) is 0 Å².